The predicted molar refractivity (Wildman–Crippen MR) is 133 cm³/mol. The number of benzene rings is 3. The molecule has 0 fully saturated rings. The molecule has 0 spiro atoms. The van der Waals surface area contributed by atoms with E-state index in [4.69, 9.17) is 0 Å². The van der Waals surface area contributed by atoms with E-state index < -0.39 is 5.92 Å². The third-order valence-electron chi connectivity index (χ3n) is 7.64. The first-order valence-electron chi connectivity index (χ1n) is 12.2. The summed E-state index contributed by atoms with van der Waals surface area (Å²) in [4.78, 5) is 27.2. The molecular formula is C31H26FNO2. The Hall–Kier alpha value is -3.79. The third kappa shape index (κ3) is 3.93. The molecule has 35 heavy (non-hydrogen) atoms. The normalized spacial score (nSPS) is 22.5. The number of halogens is 1. The quantitative estimate of drug-likeness (QED) is 0.495. The number of hydrogen-bond donors (Lipinski definition) is 1. The van der Waals surface area contributed by atoms with E-state index in [2.05, 4.69) is 29.6 Å². The molecule has 3 nitrogen and oxygen atoms in total. The van der Waals surface area contributed by atoms with Crippen LogP contribution in [0.3, 0.4) is 0 Å². The Balaban J connectivity index is 1.44. The summed E-state index contributed by atoms with van der Waals surface area (Å²) in [5, 5.41) is 3.57. The average Bonchev–Trinajstić information content (AvgIpc) is 2.89. The highest BCUT2D eigenvalue weighted by Crippen LogP contribution is 2.49. The van der Waals surface area contributed by atoms with Crippen LogP contribution in [0, 0.1) is 5.82 Å². The molecule has 0 radical (unpaired) electrons. The molecule has 0 unspecified atom stereocenters. The third-order valence-corrected chi connectivity index (χ3v) is 7.64. The molecule has 1 N–H and O–H groups in total. The fourth-order valence-corrected chi connectivity index (χ4v) is 6.01. The molecule has 0 saturated heterocycles. The number of dihydropyridines is 1. The van der Waals surface area contributed by atoms with E-state index in [-0.39, 0.29) is 29.2 Å². The lowest BCUT2D eigenvalue weighted by molar-refractivity contribution is -0.117. The van der Waals surface area contributed by atoms with Crippen LogP contribution in [0.5, 0.6) is 0 Å². The van der Waals surface area contributed by atoms with Gasteiger partial charge in [0.05, 0.1) is 0 Å². The molecule has 3 aromatic carbocycles. The molecule has 0 aromatic heterocycles. The maximum Gasteiger partial charge on any atom is 0.162 e. The zero-order chi connectivity index (χ0) is 23.9. The minimum Gasteiger partial charge on any atom is -0.362 e. The van der Waals surface area contributed by atoms with E-state index in [9.17, 15) is 14.0 Å². The summed E-state index contributed by atoms with van der Waals surface area (Å²) in [6.07, 6.45) is 2.24. The van der Waals surface area contributed by atoms with Gasteiger partial charge in [-0.15, -0.1) is 0 Å². The van der Waals surface area contributed by atoms with Crippen LogP contribution in [0.4, 0.5) is 4.39 Å². The van der Waals surface area contributed by atoms with Crippen LogP contribution in [0.15, 0.2) is 107 Å². The van der Waals surface area contributed by atoms with Gasteiger partial charge in [0.25, 0.3) is 0 Å². The Bertz CT molecular complexity index is 1270. The van der Waals surface area contributed by atoms with Crippen molar-refractivity contribution < 1.29 is 14.0 Å². The van der Waals surface area contributed by atoms with E-state index in [1.807, 2.05) is 36.4 Å². The summed E-state index contributed by atoms with van der Waals surface area (Å²) in [5.74, 6) is -0.470. The number of ketones is 2. The molecule has 174 valence electrons. The molecular weight excluding hydrogens is 437 g/mol. The van der Waals surface area contributed by atoms with Gasteiger partial charge < -0.3 is 5.32 Å². The molecule has 2 aliphatic carbocycles. The molecule has 4 heteroatoms. The number of nitrogens with one attached hydrogen (secondary N) is 1. The minimum atomic E-state index is -0.449. The Morgan fingerprint density at radius 3 is 1.49 bits per heavy atom. The van der Waals surface area contributed by atoms with Crippen molar-refractivity contribution in [3.63, 3.8) is 0 Å². The van der Waals surface area contributed by atoms with Crippen LogP contribution in [0.25, 0.3) is 0 Å². The maximum absolute atomic E-state index is 13.8. The Morgan fingerprint density at radius 2 is 1.03 bits per heavy atom. The fraction of sp³-hybridized carbons (Fsp3) is 0.226. The molecule has 6 rings (SSSR count). The Kier molecular flexibility index (Phi) is 5.44. The van der Waals surface area contributed by atoms with Gasteiger partial charge in [-0.2, -0.15) is 0 Å². The van der Waals surface area contributed by atoms with Gasteiger partial charge in [-0.25, -0.2) is 4.39 Å². The minimum absolute atomic E-state index is 0.0615. The topological polar surface area (TPSA) is 46.2 Å². The molecule has 0 bridgehead atoms. The van der Waals surface area contributed by atoms with Gasteiger partial charge in [-0.1, -0.05) is 72.8 Å². The van der Waals surface area contributed by atoms with E-state index in [1.54, 1.807) is 12.1 Å². The van der Waals surface area contributed by atoms with Crippen molar-refractivity contribution in [1.29, 1.82) is 0 Å². The van der Waals surface area contributed by atoms with Gasteiger partial charge >= 0.3 is 0 Å². The lowest BCUT2D eigenvalue weighted by atomic mass is 9.67. The van der Waals surface area contributed by atoms with Crippen LogP contribution in [-0.2, 0) is 9.59 Å². The number of allylic oxidation sites excluding steroid dienone is 4. The Labute approximate surface area is 204 Å². The second-order valence-electron chi connectivity index (χ2n) is 9.77. The summed E-state index contributed by atoms with van der Waals surface area (Å²) in [5.41, 5.74) is 6.26. The van der Waals surface area contributed by atoms with Gasteiger partial charge in [0.15, 0.2) is 11.6 Å². The lowest BCUT2D eigenvalue weighted by Crippen LogP contribution is -2.38. The molecule has 1 heterocycles. The highest BCUT2D eigenvalue weighted by atomic mass is 19.1. The first kappa shape index (κ1) is 21.7. The highest BCUT2D eigenvalue weighted by Gasteiger charge is 2.43. The second-order valence-corrected chi connectivity index (χ2v) is 9.77. The average molecular weight is 464 g/mol. The Morgan fingerprint density at radius 1 is 0.571 bits per heavy atom. The maximum atomic E-state index is 13.8. The molecule has 2 atom stereocenters. The largest absolute Gasteiger partial charge is 0.362 e. The number of carbonyl (C=O) groups excluding carboxylic acids is 2. The molecule has 0 saturated carbocycles. The van der Waals surface area contributed by atoms with Crippen LogP contribution in [-0.4, -0.2) is 11.6 Å². The summed E-state index contributed by atoms with van der Waals surface area (Å²) in [6, 6.07) is 26.5. The lowest BCUT2D eigenvalue weighted by Gasteiger charge is -2.40. The van der Waals surface area contributed by atoms with Crippen LogP contribution >= 0.6 is 0 Å². The number of rotatable bonds is 3. The highest BCUT2D eigenvalue weighted by molar-refractivity contribution is 6.07. The number of hydrogen-bond acceptors (Lipinski definition) is 3. The van der Waals surface area contributed by atoms with Gasteiger partial charge in [-0.3, -0.25) is 9.59 Å². The standard InChI is InChI=1S/C31H26FNO2/c32-24-13-11-21(12-14-24)29-30-25(15-22(17-27(30)34)19-7-3-1-4-8-19)33-26-16-23(18-28(35)31(26)29)20-9-5-2-6-10-20/h1-14,22-23,29,33H,15-18H2/t22-,23-/m1/s1. The van der Waals surface area contributed by atoms with E-state index >= 15 is 0 Å². The SMILES string of the molecule is O=C1C[C@H](c2ccccc2)CC2=C1C(c1ccc(F)cc1)C1=C(C[C@@H](c3ccccc3)CC1=O)N2. The van der Waals surface area contributed by atoms with Crippen LogP contribution in [0.1, 0.15) is 60.1 Å². The van der Waals surface area contributed by atoms with Crippen molar-refractivity contribution in [2.45, 2.75) is 43.4 Å². The zero-order valence-corrected chi connectivity index (χ0v) is 19.3. The summed E-state index contributed by atoms with van der Waals surface area (Å²) < 4.78 is 13.8. The van der Waals surface area contributed by atoms with Crippen molar-refractivity contribution in [3.8, 4) is 0 Å². The molecule has 0 amide bonds. The summed E-state index contributed by atoms with van der Waals surface area (Å²) in [6.45, 7) is 0. The van der Waals surface area contributed by atoms with E-state index in [1.165, 1.54) is 12.1 Å². The van der Waals surface area contributed by atoms with Crippen molar-refractivity contribution in [2.75, 3.05) is 0 Å². The fourth-order valence-electron chi connectivity index (χ4n) is 6.01. The first-order valence-corrected chi connectivity index (χ1v) is 12.2. The molecule has 3 aliphatic rings. The predicted octanol–water partition coefficient (Wildman–Crippen LogP) is 6.31. The first-order chi connectivity index (χ1) is 17.1. The second kappa shape index (κ2) is 8.77. The van der Waals surface area contributed by atoms with Crippen molar-refractivity contribution in [2.24, 2.45) is 0 Å². The summed E-state index contributed by atoms with van der Waals surface area (Å²) in [7, 11) is 0. The zero-order valence-electron chi connectivity index (χ0n) is 19.3. The van der Waals surface area contributed by atoms with Crippen molar-refractivity contribution >= 4 is 11.6 Å². The van der Waals surface area contributed by atoms with Crippen LogP contribution < -0.4 is 5.32 Å². The van der Waals surface area contributed by atoms with Gasteiger partial charge in [0.1, 0.15) is 5.82 Å². The van der Waals surface area contributed by atoms with E-state index in [0.29, 0.717) is 36.8 Å². The monoisotopic (exact) mass is 463 g/mol. The number of carbonyl (C=O) groups is 2. The van der Waals surface area contributed by atoms with Gasteiger partial charge in [-0.05, 0) is 53.5 Å². The van der Waals surface area contributed by atoms with Crippen LogP contribution in [0.2, 0.25) is 0 Å². The molecule has 1 aliphatic heterocycles. The van der Waals surface area contributed by atoms with Crippen molar-refractivity contribution in [1.82, 2.24) is 5.32 Å². The van der Waals surface area contributed by atoms with E-state index in [0.717, 1.165) is 28.1 Å². The smallest absolute Gasteiger partial charge is 0.162 e. The van der Waals surface area contributed by atoms with Crippen molar-refractivity contribution in [3.05, 3.63) is 130 Å². The molecule has 3 aromatic rings. The summed E-state index contributed by atoms with van der Waals surface area (Å²) >= 11 is 0. The van der Waals surface area contributed by atoms with Gasteiger partial charge in [0.2, 0.25) is 0 Å². The van der Waals surface area contributed by atoms with Gasteiger partial charge in [0, 0.05) is 41.3 Å². The number of Topliss-reactive ketones (excluding diaryl/α,β-unsaturated/α-hetero) is 2.